The molecule has 1 rings (SSSR count). The minimum Gasteiger partial charge on any atom is -0.313 e. The van der Waals surface area contributed by atoms with Crippen molar-refractivity contribution in [3.8, 4) is 0 Å². The molecular formula is C16H33NO2S. The second kappa shape index (κ2) is 9.04. The zero-order valence-electron chi connectivity index (χ0n) is 13.5. The van der Waals surface area contributed by atoms with E-state index in [0.717, 1.165) is 45.1 Å². The molecule has 0 saturated heterocycles. The first-order chi connectivity index (χ1) is 9.51. The number of hydrogen-bond acceptors (Lipinski definition) is 3. The molecule has 1 N–H and O–H groups in total. The monoisotopic (exact) mass is 303 g/mol. The van der Waals surface area contributed by atoms with Crippen molar-refractivity contribution in [1.29, 1.82) is 0 Å². The molecule has 0 heterocycles. The summed E-state index contributed by atoms with van der Waals surface area (Å²) in [5, 5.41) is 3.34. The summed E-state index contributed by atoms with van der Waals surface area (Å²) >= 11 is 0. The fraction of sp³-hybridized carbons (Fsp3) is 1.00. The normalized spacial score (nSPS) is 26.8. The fourth-order valence-electron chi connectivity index (χ4n) is 3.08. The Kier molecular flexibility index (Phi) is 8.11. The van der Waals surface area contributed by atoms with Crippen molar-refractivity contribution in [3.05, 3.63) is 0 Å². The van der Waals surface area contributed by atoms with Gasteiger partial charge in [0.1, 0.15) is 0 Å². The maximum atomic E-state index is 12.8. The van der Waals surface area contributed by atoms with Gasteiger partial charge in [0.15, 0.2) is 9.84 Å². The highest BCUT2D eigenvalue weighted by Crippen LogP contribution is 2.25. The average Bonchev–Trinajstić information content (AvgIpc) is 2.36. The van der Waals surface area contributed by atoms with Crippen molar-refractivity contribution in [2.75, 3.05) is 12.3 Å². The molecule has 0 amide bonds. The van der Waals surface area contributed by atoms with Gasteiger partial charge in [0.25, 0.3) is 0 Å². The van der Waals surface area contributed by atoms with Gasteiger partial charge in [-0.2, -0.15) is 0 Å². The van der Waals surface area contributed by atoms with Crippen LogP contribution in [0.4, 0.5) is 0 Å². The van der Waals surface area contributed by atoms with Crippen LogP contribution >= 0.6 is 0 Å². The smallest absolute Gasteiger partial charge is 0.154 e. The Morgan fingerprint density at radius 3 is 2.35 bits per heavy atom. The van der Waals surface area contributed by atoms with Crippen LogP contribution in [0.25, 0.3) is 0 Å². The van der Waals surface area contributed by atoms with Gasteiger partial charge in [0, 0.05) is 6.04 Å². The summed E-state index contributed by atoms with van der Waals surface area (Å²) in [4.78, 5) is 0. The van der Waals surface area contributed by atoms with Crippen molar-refractivity contribution in [2.45, 2.75) is 83.4 Å². The van der Waals surface area contributed by atoms with Gasteiger partial charge in [-0.1, -0.05) is 52.9 Å². The average molecular weight is 304 g/mol. The molecule has 0 aromatic rings. The molecule has 1 fully saturated rings. The van der Waals surface area contributed by atoms with Crippen molar-refractivity contribution in [1.82, 2.24) is 5.32 Å². The summed E-state index contributed by atoms with van der Waals surface area (Å²) in [6.45, 7) is 7.19. The lowest BCUT2D eigenvalue weighted by molar-refractivity contribution is 0.385. The number of nitrogens with one attached hydrogen (secondary N) is 1. The molecule has 3 nitrogen and oxygen atoms in total. The fourth-order valence-corrected chi connectivity index (χ4v) is 5.62. The molecule has 3 unspecified atom stereocenters. The van der Waals surface area contributed by atoms with Crippen LogP contribution < -0.4 is 5.32 Å². The predicted octanol–water partition coefficient (Wildman–Crippen LogP) is 3.54. The van der Waals surface area contributed by atoms with Crippen LogP contribution in [-0.4, -0.2) is 32.0 Å². The maximum absolute atomic E-state index is 12.8. The van der Waals surface area contributed by atoms with E-state index in [1.807, 2.05) is 0 Å². The molecule has 1 saturated carbocycles. The molecule has 3 atom stereocenters. The lowest BCUT2D eigenvalue weighted by Crippen LogP contribution is -2.46. The van der Waals surface area contributed by atoms with Crippen molar-refractivity contribution >= 4 is 9.84 Å². The Morgan fingerprint density at radius 1 is 1.10 bits per heavy atom. The van der Waals surface area contributed by atoms with E-state index >= 15 is 0 Å². The van der Waals surface area contributed by atoms with Crippen LogP contribution in [0.3, 0.4) is 0 Å². The van der Waals surface area contributed by atoms with E-state index in [0.29, 0.717) is 5.75 Å². The summed E-state index contributed by atoms with van der Waals surface area (Å²) in [5.41, 5.74) is 0. The second-order valence-corrected chi connectivity index (χ2v) is 8.70. The summed E-state index contributed by atoms with van der Waals surface area (Å²) in [6, 6.07) is 0.171. The van der Waals surface area contributed by atoms with E-state index in [1.165, 1.54) is 12.8 Å². The van der Waals surface area contributed by atoms with Crippen LogP contribution in [0.2, 0.25) is 0 Å². The highest BCUT2D eigenvalue weighted by molar-refractivity contribution is 7.92. The van der Waals surface area contributed by atoms with Crippen molar-refractivity contribution in [3.63, 3.8) is 0 Å². The topological polar surface area (TPSA) is 46.2 Å². The maximum Gasteiger partial charge on any atom is 0.154 e. The highest BCUT2D eigenvalue weighted by atomic mass is 32.2. The van der Waals surface area contributed by atoms with E-state index in [2.05, 4.69) is 26.1 Å². The Hall–Kier alpha value is -0.0900. The minimum absolute atomic E-state index is 0.164. The van der Waals surface area contributed by atoms with Gasteiger partial charge in [-0.25, -0.2) is 8.42 Å². The molecule has 0 radical (unpaired) electrons. The van der Waals surface area contributed by atoms with Gasteiger partial charge in [-0.3, -0.25) is 0 Å². The van der Waals surface area contributed by atoms with Crippen LogP contribution in [0.5, 0.6) is 0 Å². The molecule has 1 aliphatic carbocycles. The molecule has 120 valence electrons. The Morgan fingerprint density at radius 2 is 1.75 bits per heavy atom. The molecule has 0 aromatic carbocycles. The Balaban J connectivity index is 2.80. The van der Waals surface area contributed by atoms with E-state index in [1.54, 1.807) is 0 Å². The quantitative estimate of drug-likeness (QED) is 0.782. The molecule has 4 heteroatoms. The van der Waals surface area contributed by atoms with Gasteiger partial charge >= 0.3 is 0 Å². The second-order valence-electron chi connectivity index (χ2n) is 6.43. The Bertz CT molecular complexity index is 351. The molecule has 0 spiro atoms. The van der Waals surface area contributed by atoms with Crippen LogP contribution in [0.15, 0.2) is 0 Å². The Labute approximate surface area is 125 Å². The van der Waals surface area contributed by atoms with E-state index in [4.69, 9.17) is 0 Å². The first kappa shape index (κ1) is 18.0. The van der Waals surface area contributed by atoms with Gasteiger partial charge in [0.2, 0.25) is 0 Å². The van der Waals surface area contributed by atoms with Crippen molar-refractivity contribution < 1.29 is 8.42 Å². The standard InChI is InChI=1S/C16H33NO2S/c1-4-12-17-15-10-8-6-7-9-11-16(15)20(18,19)13-14(3)5-2/h14-17H,4-13H2,1-3H3. The molecule has 0 bridgehead atoms. The number of sulfone groups is 1. The van der Waals surface area contributed by atoms with Crippen molar-refractivity contribution in [2.24, 2.45) is 5.92 Å². The number of rotatable bonds is 7. The van der Waals surface area contributed by atoms with Crippen LogP contribution in [0, 0.1) is 5.92 Å². The third-order valence-corrected chi connectivity index (χ3v) is 7.05. The lowest BCUT2D eigenvalue weighted by Gasteiger charge is -2.30. The van der Waals surface area contributed by atoms with Gasteiger partial charge < -0.3 is 5.32 Å². The van der Waals surface area contributed by atoms with Gasteiger partial charge in [-0.15, -0.1) is 0 Å². The molecule has 1 aliphatic rings. The summed E-state index contributed by atoms with van der Waals surface area (Å²) < 4.78 is 25.5. The van der Waals surface area contributed by atoms with E-state index in [-0.39, 0.29) is 17.2 Å². The minimum atomic E-state index is -2.98. The van der Waals surface area contributed by atoms with E-state index < -0.39 is 9.84 Å². The number of hydrogen-bond donors (Lipinski definition) is 1. The summed E-state index contributed by atoms with van der Waals surface area (Å²) in [6.07, 6.45) is 8.54. The third kappa shape index (κ3) is 5.72. The lowest BCUT2D eigenvalue weighted by atomic mass is 9.96. The predicted molar refractivity (Wildman–Crippen MR) is 86.8 cm³/mol. The van der Waals surface area contributed by atoms with Gasteiger partial charge in [0.05, 0.1) is 11.0 Å². The summed E-state index contributed by atoms with van der Waals surface area (Å²) in [5.74, 6) is 0.635. The zero-order valence-corrected chi connectivity index (χ0v) is 14.3. The highest BCUT2D eigenvalue weighted by Gasteiger charge is 2.33. The first-order valence-electron chi connectivity index (χ1n) is 8.46. The largest absolute Gasteiger partial charge is 0.313 e. The molecule has 20 heavy (non-hydrogen) atoms. The van der Waals surface area contributed by atoms with Gasteiger partial charge in [-0.05, 0) is 31.7 Å². The SMILES string of the molecule is CCCNC1CCCCCCC1S(=O)(=O)CC(C)CC. The molecular weight excluding hydrogens is 270 g/mol. The third-order valence-electron chi connectivity index (χ3n) is 4.53. The molecule has 0 aromatic heterocycles. The summed E-state index contributed by atoms with van der Waals surface area (Å²) in [7, 11) is -2.98. The van der Waals surface area contributed by atoms with Crippen LogP contribution in [-0.2, 0) is 9.84 Å². The first-order valence-corrected chi connectivity index (χ1v) is 10.2. The molecule has 0 aliphatic heterocycles. The van der Waals surface area contributed by atoms with Crippen LogP contribution in [0.1, 0.15) is 72.1 Å². The zero-order chi connectivity index (χ0) is 15.0. The van der Waals surface area contributed by atoms with E-state index in [9.17, 15) is 8.42 Å².